The van der Waals surface area contributed by atoms with E-state index in [0.717, 1.165) is 11.4 Å². The summed E-state index contributed by atoms with van der Waals surface area (Å²) in [6.07, 6.45) is -0.195. The van der Waals surface area contributed by atoms with Crippen molar-refractivity contribution in [2.24, 2.45) is 0 Å². The zero-order valence-corrected chi connectivity index (χ0v) is 8.50. The minimum atomic E-state index is -1.16. The second-order valence-corrected chi connectivity index (χ2v) is 3.90. The van der Waals surface area contributed by atoms with Gasteiger partial charge in [0.05, 0.1) is 19.1 Å². The minimum Gasteiger partial charge on any atom is -0.550 e. The average Bonchev–Trinajstić information content (AvgIpc) is 2.07. The van der Waals surface area contributed by atoms with E-state index in [9.17, 15) is 14.7 Å². The largest absolute Gasteiger partial charge is 0.550 e. The number of nitrogens with one attached hydrogen (secondary N) is 2. The summed E-state index contributed by atoms with van der Waals surface area (Å²) in [4.78, 5) is 22.9. The van der Waals surface area contributed by atoms with Crippen molar-refractivity contribution >= 4 is 11.9 Å². The normalized spacial score (nSPS) is 27.5. The van der Waals surface area contributed by atoms with Crippen molar-refractivity contribution in [2.75, 3.05) is 13.1 Å². The summed E-state index contributed by atoms with van der Waals surface area (Å²) in [7, 11) is 0. The first kappa shape index (κ1) is 11.0. The number of quaternary nitrogens is 1. The van der Waals surface area contributed by atoms with Crippen molar-refractivity contribution in [3.05, 3.63) is 0 Å². The molecule has 1 aliphatic rings. The van der Waals surface area contributed by atoms with Gasteiger partial charge in [-0.3, -0.25) is 4.79 Å². The maximum absolute atomic E-state index is 11.4. The Kier molecular flexibility index (Phi) is 3.46. The van der Waals surface area contributed by atoms with Crippen LogP contribution in [0, 0.1) is 0 Å². The van der Waals surface area contributed by atoms with Crippen LogP contribution in [0.3, 0.4) is 0 Å². The Labute approximate surface area is 83.1 Å². The fourth-order valence-corrected chi connectivity index (χ4v) is 1.88. The molecule has 1 heterocycles. The third-order valence-corrected chi connectivity index (χ3v) is 2.59. The van der Waals surface area contributed by atoms with Gasteiger partial charge < -0.3 is 20.1 Å². The Bertz CT molecular complexity index is 240. The summed E-state index contributed by atoms with van der Waals surface area (Å²) in [6, 6.07) is -0.237. The van der Waals surface area contributed by atoms with Gasteiger partial charge in [0, 0.05) is 12.4 Å². The molecule has 2 atom stereocenters. The van der Waals surface area contributed by atoms with Crippen LogP contribution in [0.2, 0.25) is 0 Å². The summed E-state index contributed by atoms with van der Waals surface area (Å²) in [5.41, 5.74) is 0. The molecule has 14 heavy (non-hydrogen) atoms. The van der Waals surface area contributed by atoms with Gasteiger partial charge in [-0.2, -0.15) is 0 Å². The van der Waals surface area contributed by atoms with Crippen molar-refractivity contribution in [1.29, 1.82) is 0 Å². The van der Waals surface area contributed by atoms with Crippen LogP contribution in [0.4, 0.5) is 0 Å². The smallest absolute Gasteiger partial charge is 0.278 e. The quantitative estimate of drug-likeness (QED) is 0.507. The monoisotopic (exact) mass is 200 g/mol. The molecule has 1 rings (SSSR count). The first-order chi connectivity index (χ1) is 6.52. The summed E-state index contributed by atoms with van der Waals surface area (Å²) in [5, 5.41) is 13.1. The SMILES string of the molecule is CC(C)[NH+]1CCNC(=O)[C@@H]1CC(=O)[O-]. The number of hydrogen-bond acceptors (Lipinski definition) is 3. The number of piperazine rings is 1. The molecule has 5 heteroatoms. The molecule has 1 fully saturated rings. The zero-order chi connectivity index (χ0) is 10.7. The Morgan fingerprint density at radius 2 is 2.36 bits per heavy atom. The molecular weight excluding hydrogens is 184 g/mol. The number of carboxylic acids is 1. The number of amides is 1. The number of rotatable bonds is 3. The fraction of sp³-hybridized carbons (Fsp3) is 0.778. The minimum absolute atomic E-state index is 0.177. The molecule has 1 saturated heterocycles. The van der Waals surface area contributed by atoms with Crippen molar-refractivity contribution in [3.63, 3.8) is 0 Å². The molecule has 0 spiro atoms. The van der Waals surface area contributed by atoms with Crippen LogP contribution in [0.15, 0.2) is 0 Å². The molecule has 1 unspecified atom stereocenters. The molecule has 0 aromatic heterocycles. The first-order valence-corrected chi connectivity index (χ1v) is 4.85. The molecule has 0 aliphatic carbocycles. The lowest BCUT2D eigenvalue weighted by molar-refractivity contribution is -0.938. The Balaban J connectivity index is 2.70. The van der Waals surface area contributed by atoms with Crippen molar-refractivity contribution in [3.8, 4) is 0 Å². The summed E-state index contributed by atoms with van der Waals surface area (Å²) >= 11 is 0. The van der Waals surface area contributed by atoms with Gasteiger partial charge in [-0.05, 0) is 13.8 Å². The highest BCUT2D eigenvalue weighted by atomic mass is 16.4. The standard InChI is InChI=1S/C9H16N2O3/c1-6(2)11-4-3-10-9(14)7(11)5-8(12)13/h6-7H,3-5H2,1-2H3,(H,10,14)(H,12,13)/t7-/m0/s1. The van der Waals surface area contributed by atoms with Crippen molar-refractivity contribution in [2.45, 2.75) is 32.4 Å². The Morgan fingerprint density at radius 3 is 2.86 bits per heavy atom. The molecular formula is C9H16N2O3. The van der Waals surface area contributed by atoms with Gasteiger partial charge in [0.1, 0.15) is 0 Å². The molecule has 0 aromatic rings. The molecule has 0 bridgehead atoms. The lowest BCUT2D eigenvalue weighted by Gasteiger charge is -2.34. The van der Waals surface area contributed by atoms with Gasteiger partial charge >= 0.3 is 0 Å². The molecule has 0 saturated carbocycles. The van der Waals surface area contributed by atoms with Gasteiger partial charge in [0.25, 0.3) is 5.91 Å². The number of carbonyl (C=O) groups is 2. The van der Waals surface area contributed by atoms with E-state index >= 15 is 0 Å². The van der Waals surface area contributed by atoms with Crippen LogP contribution in [-0.2, 0) is 9.59 Å². The predicted molar refractivity (Wildman–Crippen MR) is 47.4 cm³/mol. The molecule has 2 N–H and O–H groups in total. The molecule has 1 aliphatic heterocycles. The van der Waals surface area contributed by atoms with Gasteiger partial charge in [0.2, 0.25) is 0 Å². The third kappa shape index (κ3) is 2.45. The van der Waals surface area contributed by atoms with Crippen LogP contribution >= 0.6 is 0 Å². The maximum Gasteiger partial charge on any atom is 0.278 e. The van der Waals surface area contributed by atoms with Gasteiger partial charge in [-0.25, -0.2) is 0 Å². The Morgan fingerprint density at radius 1 is 1.71 bits per heavy atom. The van der Waals surface area contributed by atoms with Gasteiger partial charge in [0.15, 0.2) is 6.04 Å². The van der Waals surface area contributed by atoms with E-state index in [4.69, 9.17) is 0 Å². The van der Waals surface area contributed by atoms with Crippen molar-refractivity contribution < 1.29 is 19.6 Å². The van der Waals surface area contributed by atoms with Gasteiger partial charge in [-0.15, -0.1) is 0 Å². The van der Waals surface area contributed by atoms with Crippen LogP contribution in [0.25, 0.3) is 0 Å². The summed E-state index contributed by atoms with van der Waals surface area (Å²) in [5.74, 6) is -1.34. The summed E-state index contributed by atoms with van der Waals surface area (Å²) in [6.45, 7) is 5.36. The van der Waals surface area contributed by atoms with E-state index < -0.39 is 12.0 Å². The highest BCUT2D eigenvalue weighted by molar-refractivity contribution is 5.84. The summed E-state index contributed by atoms with van der Waals surface area (Å²) < 4.78 is 0. The molecule has 5 nitrogen and oxygen atoms in total. The fourth-order valence-electron chi connectivity index (χ4n) is 1.88. The first-order valence-electron chi connectivity index (χ1n) is 4.85. The molecule has 80 valence electrons. The van der Waals surface area contributed by atoms with E-state index in [1.807, 2.05) is 13.8 Å². The molecule has 1 amide bonds. The van der Waals surface area contributed by atoms with Crippen LogP contribution in [0.1, 0.15) is 20.3 Å². The second-order valence-electron chi connectivity index (χ2n) is 3.90. The van der Waals surface area contributed by atoms with E-state index in [-0.39, 0.29) is 18.4 Å². The highest BCUT2D eigenvalue weighted by Crippen LogP contribution is 1.92. The molecule has 0 radical (unpaired) electrons. The highest BCUT2D eigenvalue weighted by Gasteiger charge is 2.34. The lowest BCUT2D eigenvalue weighted by atomic mass is 10.1. The number of hydrogen-bond donors (Lipinski definition) is 2. The van der Waals surface area contributed by atoms with Crippen LogP contribution in [-0.4, -0.2) is 37.0 Å². The van der Waals surface area contributed by atoms with E-state index in [2.05, 4.69) is 5.32 Å². The van der Waals surface area contributed by atoms with Gasteiger partial charge in [-0.1, -0.05) is 0 Å². The van der Waals surface area contributed by atoms with Crippen LogP contribution in [0.5, 0.6) is 0 Å². The van der Waals surface area contributed by atoms with E-state index in [1.54, 1.807) is 0 Å². The third-order valence-electron chi connectivity index (χ3n) is 2.59. The Hall–Kier alpha value is -1.10. The second kappa shape index (κ2) is 4.41. The lowest BCUT2D eigenvalue weighted by Crippen LogP contribution is -3.22. The number of aliphatic carboxylic acids is 1. The number of carboxylic acid groups (broad SMARTS) is 1. The van der Waals surface area contributed by atoms with Crippen LogP contribution < -0.4 is 15.3 Å². The molecule has 0 aromatic carbocycles. The maximum atomic E-state index is 11.4. The van der Waals surface area contributed by atoms with E-state index in [0.29, 0.717) is 6.54 Å². The topological polar surface area (TPSA) is 73.7 Å². The number of carbonyl (C=O) groups excluding carboxylic acids is 2. The average molecular weight is 200 g/mol. The van der Waals surface area contributed by atoms with Crippen molar-refractivity contribution in [1.82, 2.24) is 5.32 Å². The van der Waals surface area contributed by atoms with E-state index in [1.165, 1.54) is 0 Å². The zero-order valence-electron chi connectivity index (χ0n) is 8.50. The predicted octanol–water partition coefficient (Wildman–Crippen LogP) is -3.08.